The van der Waals surface area contributed by atoms with Crippen LogP contribution in [-0.2, 0) is 9.47 Å². The van der Waals surface area contributed by atoms with Crippen LogP contribution in [0.25, 0.3) is 0 Å². The number of rotatable bonds is 2. The fraction of sp³-hybridized carbons (Fsp3) is 0.571. The van der Waals surface area contributed by atoms with Crippen LogP contribution < -0.4 is 0 Å². The summed E-state index contributed by atoms with van der Waals surface area (Å²) in [5, 5.41) is 0. The lowest BCUT2D eigenvalue weighted by Gasteiger charge is -2.19. The lowest BCUT2D eigenvalue weighted by Crippen LogP contribution is -2.24. The van der Waals surface area contributed by atoms with Crippen LogP contribution in [0, 0.1) is 0 Å². The number of carbonyl (C=O) groups is 2. The normalized spacial score (nSPS) is 12.1. The van der Waals surface area contributed by atoms with E-state index in [0.717, 1.165) is 0 Å². The molecular weight excluding hydrogens is 248 g/mol. The average Bonchev–Trinajstić information content (AvgIpc) is 2.60. The Labute approximate surface area is 112 Å². The first-order valence-electron chi connectivity index (χ1n) is 6.04. The maximum atomic E-state index is 11.7. The minimum absolute atomic E-state index is 0.0178. The molecule has 0 radical (unpaired) electrons. The second kappa shape index (κ2) is 5.07. The molecule has 0 bridgehead atoms. The van der Waals surface area contributed by atoms with Crippen molar-refractivity contribution in [1.82, 2.24) is 0 Å². The van der Waals surface area contributed by atoms with Gasteiger partial charge in [-0.1, -0.05) is 0 Å². The molecular formula is C14H20O5. The summed E-state index contributed by atoms with van der Waals surface area (Å²) in [5.74, 6) is -1.25. The molecule has 1 aromatic rings. The predicted octanol–water partition coefficient (Wildman–Crippen LogP) is 3.19. The van der Waals surface area contributed by atoms with E-state index < -0.39 is 23.1 Å². The van der Waals surface area contributed by atoms with Gasteiger partial charge in [0.05, 0.1) is 0 Å². The summed E-state index contributed by atoms with van der Waals surface area (Å²) in [4.78, 5) is 23.4. The van der Waals surface area contributed by atoms with E-state index in [-0.39, 0.29) is 11.5 Å². The number of esters is 2. The van der Waals surface area contributed by atoms with Crippen molar-refractivity contribution in [3.05, 3.63) is 23.7 Å². The highest BCUT2D eigenvalue weighted by molar-refractivity contribution is 5.91. The molecule has 5 heteroatoms. The monoisotopic (exact) mass is 268 g/mol. The molecule has 0 spiro atoms. The summed E-state index contributed by atoms with van der Waals surface area (Å²) >= 11 is 0. The van der Waals surface area contributed by atoms with Crippen molar-refractivity contribution in [1.29, 1.82) is 0 Å². The highest BCUT2D eigenvalue weighted by Crippen LogP contribution is 2.17. The van der Waals surface area contributed by atoms with Crippen molar-refractivity contribution in [3.63, 3.8) is 0 Å². The van der Waals surface area contributed by atoms with Gasteiger partial charge in [0.25, 0.3) is 0 Å². The lowest BCUT2D eigenvalue weighted by molar-refractivity contribution is 0.000739. The second-order valence-electron chi connectivity index (χ2n) is 6.17. The highest BCUT2D eigenvalue weighted by atomic mass is 16.6. The molecule has 0 fully saturated rings. The largest absolute Gasteiger partial charge is 0.454 e. The summed E-state index contributed by atoms with van der Waals surface area (Å²) in [6, 6.07) is 2.79. The van der Waals surface area contributed by atoms with Gasteiger partial charge in [-0.05, 0) is 53.7 Å². The van der Waals surface area contributed by atoms with E-state index in [1.807, 2.05) is 0 Å². The summed E-state index contributed by atoms with van der Waals surface area (Å²) in [7, 11) is 0. The molecule has 19 heavy (non-hydrogen) atoms. The molecule has 1 aromatic heterocycles. The van der Waals surface area contributed by atoms with E-state index in [0.29, 0.717) is 0 Å². The molecule has 0 aliphatic heterocycles. The van der Waals surface area contributed by atoms with E-state index in [1.54, 1.807) is 41.5 Å². The molecule has 0 saturated carbocycles. The van der Waals surface area contributed by atoms with Crippen LogP contribution in [0.5, 0.6) is 0 Å². The Morgan fingerprint density at radius 1 is 0.842 bits per heavy atom. The smallest absolute Gasteiger partial charge is 0.374 e. The highest BCUT2D eigenvalue weighted by Gasteiger charge is 2.24. The molecule has 0 amide bonds. The molecule has 0 N–H and O–H groups in total. The number of furan rings is 1. The zero-order chi connectivity index (χ0) is 14.8. The molecule has 0 atom stereocenters. The number of ether oxygens (including phenoxy) is 2. The van der Waals surface area contributed by atoms with Crippen LogP contribution in [0.2, 0.25) is 0 Å². The third kappa shape index (κ3) is 5.16. The van der Waals surface area contributed by atoms with Crippen LogP contribution in [0.15, 0.2) is 16.5 Å². The predicted molar refractivity (Wildman–Crippen MR) is 69.0 cm³/mol. The minimum Gasteiger partial charge on any atom is -0.454 e. The first-order valence-corrected chi connectivity index (χ1v) is 6.04. The summed E-state index contributed by atoms with van der Waals surface area (Å²) < 4.78 is 15.4. The van der Waals surface area contributed by atoms with Crippen molar-refractivity contribution < 1.29 is 23.5 Å². The zero-order valence-corrected chi connectivity index (χ0v) is 12.2. The Bertz CT molecular complexity index is 428. The van der Waals surface area contributed by atoms with Gasteiger partial charge in [-0.2, -0.15) is 0 Å². The van der Waals surface area contributed by atoms with Gasteiger partial charge < -0.3 is 13.9 Å². The Morgan fingerprint density at radius 2 is 1.16 bits per heavy atom. The van der Waals surface area contributed by atoms with Crippen LogP contribution in [0.4, 0.5) is 0 Å². The topological polar surface area (TPSA) is 65.7 Å². The van der Waals surface area contributed by atoms with Gasteiger partial charge in [0.2, 0.25) is 11.5 Å². The van der Waals surface area contributed by atoms with E-state index in [2.05, 4.69) is 0 Å². The molecule has 5 nitrogen and oxygen atoms in total. The third-order valence-corrected chi connectivity index (χ3v) is 1.81. The molecule has 106 valence electrons. The van der Waals surface area contributed by atoms with Gasteiger partial charge in [-0.3, -0.25) is 0 Å². The van der Waals surface area contributed by atoms with E-state index >= 15 is 0 Å². The van der Waals surface area contributed by atoms with Crippen LogP contribution in [0.1, 0.15) is 62.7 Å². The van der Waals surface area contributed by atoms with Crippen molar-refractivity contribution in [2.24, 2.45) is 0 Å². The van der Waals surface area contributed by atoms with Gasteiger partial charge in [-0.25, -0.2) is 9.59 Å². The maximum Gasteiger partial charge on any atom is 0.374 e. The van der Waals surface area contributed by atoms with Gasteiger partial charge in [0.1, 0.15) is 11.2 Å². The van der Waals surface area contributed by atoms with Gasteiger partial charge >= 0.3 is 11.9 Å². The van der Waals surface area contributed by atoms with E-state index in [1.165, 1.54) is 12.1 Å². The molecule has 0 aliphatic carbocycles. The van der Waals surface area contributed by atoms with Crippen molar-refractivity contribution in [2.75, 3.05) is 0 Å². The summed E-state index contributed by atoms with van der Waals surface area (Å²) in [6.07, 6.45) is 0. The number of carbonyl (C=O) groups excluding carboxylic acids is 2. The molecule has 0 aromatic carbocycles. The molecule has 0 aliphatic rings. The first kappa shape index (κ1) is 15.3. The lowest BCUT2D eigenvalue weighted by atomic mass is 10.2. The van der Waals surface area contributed by atoms with Crippen molar-refractivity contribution >= 4 is 11.9 Å². The van der Waals surface area contributed by atoms with Crippen molar-refractivity contribution in [3.8, 4) is 0 Å². The fourth-order valence-corrected chi connectivity index (χ4v) is 1.21. The summed E-state index contributed by atoms with van der Waals surface area (Å²) in [5.41, 5.74) is -1.23. The Balaban J connectivity index is 2.77. The maximum absolute atomic E-state index is 11.7. The Morgan fingerprint density at radius 3 is 1.42 bits per heavy atom. The molecule has 0 unspecified atom stereocenters. The van der Waals surface area contributed by atoms with Gasteiger partial charge in [-0.15, -0.1) is 0 Å². The average molecular weight is 268 g/mol. The Hall–Kier alpha value is -1.78. The number of hydrogen-bond acceptors (Lipinski definition) is 5. The third-order valence-electron chi connectivity index (χ3n) is 1.81. The van der Waals surface area contributed by atoms with Crippen LogP contribution in [0.3, 0.4) is 0 Å². The van der Waals surface area contributed by atoms with Crippen LogP contribution in [-0.4, -0.2) is 23.1 Å². The van der Waals surface area contributed by atoms with Crippen LogP contribution >= 0.6 is 0 Å². The van der Waals surface area contributed by atoms with Crippen molar-refractivity contribution in [2.45, 2.75) is 52.7 Å². The summed E-state index contributed by atoms with van der Waals surface area (Å²) in [6.45, 7) is 10.5. The SMILES string of the molecule is CC(C)(C)OC(=O)c1ccc(C(=O)OC(C)(C)C)o1. The zero-order valence-electron chi connectivity index (χ0n) is 12.2. The van der Waals surface area contributed by atoms with E-state index in [4.69, 9.17) is 13.9 Å². The molecule has 1 heterocycles. The quantitative estimate of drug-likeness (QED) is 0.771. The molecule has 1 rings (SSSR count). The van der Waals surface area contributed by atoms with Gasteiger partial charge in [0.15, 0.2) is 0 Å². The molecule has 0 saturated heterocycles. The Kier molecular flexibility index (Phi) is 4.08. The minimum atomic E-state index is -0.615. The van der Waals surface area contributed by atoms with Gasteiger partial charge in [0, 0.05) is 0 Å². The number of hydrogen-bond donors (Lipinski definition) is 0. The fourth-order valence-electron chi connectivity index (χ4n) is 1.21. The van der Waals surface area contributed by atoms with E-state index in [9.17, 15) is 9.59 Å². The first-order chi connectivity index (χ1) is 8.48. The second-order valence-corrected chi connectivity index (χ2v) is 6.17. The standard InChI is InChI=1S/C14H20O5/c1-13(2,3)18-11(15)9-7-8-10(17-9)12(16)19-14(4,5)6/h7-8H,1-6H3.